The molecule has 6 heteroatoms. The number of aliphatic hydroxyl groups excluding tert-OH is 1. The van der Waals surface area contributed by atoms with Crippen LogP contribution in [-0.2, 0) is 6.54 Å². The molecule has 2 aromatic rings. The lowest BCUT2D eigenvalue weighted by Crippen LogP contribution is -2.10. The van der Waals surface area contributed by atoms with Crippen LogP contribution >= 0.6 is 27.3 Å². The number of nitrogens with zero attached hydrogens (tertiary/aromatic N) is 2. The highest BCUT2D eigenvalue weighted by Crippen LogP contribution is 2.36. The predicted molar refractivity (Wildman–Crippen MR) is 79.9 cm³/mol. The Labute approximate surface area is 125 Å². The van der Waals surface area contributed by atoms with E-state index in [9.17, 15) is 5.11 Å². The number of thiophene rings is 1. The summed E-state index contributed by atoms with van der Waals surface area (Å²) in [5, 5.41) is 14.9. The summed E-state index contributed by atoms with van der Waals surface area (Å²) in [6, 6.07) is 1.95. The van der Waals surface area contributed by atoms with Crippen LogP contribution in [-0.4, -0.2) is 22.0 Å². The zero-order valence-corrected chi connectivity index (χ0v) is 13.6. The minimum absolute atomic E-state index is 0.628. The van der Waals surface area contributed by atoms with Crippen molar-refractivity contribution in [2.24, 2.45) is 0 Å². The zero-order valence-electron chi connectivity index (χ0n) is 11.2. The third-order valence-corrected chi connectivity index (χ3v) is 5.09. The minimum atomic E-state index is -0.709. The van der Waals surface area contributed by atoms with Gasteiger partial charge in [0, 0.05) is 20.8 Å². The second kappa shape index (κ2) is 6.07. The van der Waals surface area contributed by atoms with Gasteiger partial charge in [-0.25, -0.2) is 0 Å². The first kappa shape index (κ1) is 14.6. The van der Waals surface area contributed by atoms with E-state index < -0.39 is 6.10 Å². The molecule has 2 rings (SSSR count). The molecule has 2 heterocycles. The van der Waals surface area contributed by atoms with Gasteiger partial charge in [0.05, 0.1) is 13.3 Å². The highest BCUT2D eigenvalue weighted by molar-refractivity contribution is 9.10. The van der Waals surface area contributed by atoms with Gasteiger partial charge in [-0.05, 0) is 35.3 Å². The molecule has 0 aliphatic heterocycles. The third-order valence-electron chi connectivity index (χ3n) is 2.90. The van der Waals surface area contributed by atoms with Crippen LogP contribution in [0.25, 0.3) is 0 Å². The van der Waals surface area contributed by atoms with Crippen molar-refractivity contribution < 1.29 is 9.84 Å². The number of halogens is 1. The molecule has 0 aliphatic rings. The highest BCUT2D eigenvalue weighted by Gasteiger charge is 2.23. The fourth-order valence-electron chi connectivity index (χ4n) is 1.95. The second-order valence-corrected chi connectivity index (χ2v) is 6.42. The van der Waals surface area contributed by atoms with Gasteiger partial charge in [-0.2, -0.15) is 5.10 Å². The molecule has 2 aromatic heterocycles. The number of methoxy groups -OCH3 is 1. The van der Waals surface area contributed by atoms with Gasteiger partial charge in [-0.1, -0.05) is 6.92 Å². The zero-order chi connectivity index (χ0) is 14.0. The molecule has 0 fully saturated rings. The Balaban J connectivity index is 2.41. The molecule has 0 radical (unpaired) electrons. The first-order valence-corrected chi connectivity index (χ1v) is 7.73. The maximum atomic E-state index is 10.6. The van der Waals surface area contributed by atoms with E-state index in [1.807, 2.05) is 17.7 Å². The number of hydrogen-bond donors (Lipinski definition) is 1. The van der Waals surface area contributed by atoms with Crippen LogP contribution in [0.2, 0.25) is 0 Å². The Morgan fingerprint density at radius 1 is 1.58 bits per heavy atom. The van der Waals surface area contributed by atoms with Crippen molar-refractivity contribution >= 4 is 27.3 Å². The van der Waals surface area contributed by atoms with Gasteiger partial charge in [0.25, 0.3) is 0 Å². The summed E-state index contributed by atoms with van der Waals surface area (Å²) >= 11 is 5.05. The molecule has 0 saturated carbocycles. The fraction of sp³-hybridized carbons (Fsp3) is 0.462. The van der Waals surface area contributed by atoms with E-state index in [2.05, 4.69) is 28.0 Å². The third kappa shape index (κ3) is 2.85. The van der Waals surface area contributed by atoms with Crippen molar-refractivity contribution in [1.29, 1.82) is 0 Å². The van der Waals surface area contributed by atoms with Crippen molar-refractivity contribution in [2.75, 3.05) is 7.11 Å². The highest BCUT2D eigenvalue weighted by atomic mass is 79.9. The number of aryl methyl sites for hydroxylation is 2. The summed E-state index contributed by atoms with van der Waals surface area (Å²) in [4.78, 5) is 2.04. The van der Waals surface area contributed by atoms with Crippen LogP contribution in [0.15, 0.2) is 16.7 Å². The quantitative estimate of drug-likeness (QED) is 0.902. The number of aliphatic hydroxyl groups is 1. The van der Waals surface area contributed by atoms with E-state index in [1.54, 1.807) is 24.6 Å². The molecule has 0 saturated heterocycles. The van der Waals surface area contributed by atoms with Crippen molar-refractivity contribution in [3.05, 3.63) is 32.2 Å². The Morgan fingerprint density at radius 3 is 2.84 bits per heavy atom. The molecular formula is C13H17BrN2O2S. The first-order valence-electron chi connectivity index (χ1n) is 6.12. The summed E-state index contributed by atoms with van der Waals surface area (Å²) in [5.41, 5.74) is 0.720. The molecule has 0 bridgehead atoms. The van der Waals surface area contributed by atoms with Crippen LogP contribution < -0.4 is 4.74 Å². The summed E-state index contributed by atoms with van der Waals surface area (Å²) in [6.45, 7) is 4.86. The van der Waals surface area contributed by atoms with E-state index in [1.165, 1.54) is 0 Å². The first-order chi connectivity index (χ1) is 9.08. The molecule has 1 atom stereocenters. The van der Waals surface area contributed by atoms with Gasteiger partial charge in [-0.3, -0.25) is 4.68 Å². The Kier molecular flexibility index (Phi) is 4.65. The van der Waals surface area contributed by atoms with Gasteiger partial charge in [-0.15, -0.1) is 11.3 Å². The van der Waals surface area contributed by atoms with E-state index >= 15 is 0 Å². The van der Waals surface area contributed by atoms with Gasteiger partial charge in [0.1, 0.15) is 11.8 Å². The molecule has 1 unspecified atom stereocenters. The number of aromatic nitrogens is 2. The molecule has 104 valence electrons. The number of rotatable bonds is 5. The summed E-state index contributed by atoms with van der Waals surface area (Å²) in [5.74, 6) is 0.628. The van der Waals surface area contributed by atoms with Crippen LogP contribution in [0, 0.1) is 6.92 Å². The van der Waals surface area contributed by atoms with Crippen LogP contribution in [0.5, 0.6) is 5.75 Å². The van der Waals surface area contributed by atoms with E-state index in [4.69, 9.17) is 4.74 Å². The molecule has 0 spiro atoms. The summed E-state index contributed by atoms with van der Waals surface area (Å²) in [7, 11) is 1.60. The molecule has 0 aliphatic carbocycles. The summed E-state index contributed by atoms with van der Waals surface area (Å²) in [6.07, 6.45) is 1.90. The lowest BCUT2D eigenvalue weighted by molar-refractivity contribution is 0.205. The average molecular weight is 345 g/mol. The van der Waals surface area contributed by atoms with Gasteiger partial charge in [0.15, 0.2) is 5.75 Å². The van der Waals surface area contributed by atoms with E-state index in [0.717, 1.165) is 32.9 Å². The normalized spacial score (nSPS) is 12.7. The maximum absolute atomic E-state index is 10.6. The Bertz CT molecular complexity index is 545. The SMILES string of the molecule is CCCn1ncc(OC)c1C(O)c1cc(Br)c(C)s1. The van der Waals surface area contributed by atoms with Gasteiger partial charge < -0.3 is 9.84 Å². The molecule has 0 aromatic carbocycles. The number of hydrogen-bond acceptors (Lipinski definition) is 4. The van der Waals surface area contributed by atoms with Crippen molar-refractivity contribution in [3.63, 3.8) is 0 Å². The second-order valence-electron chi connectivity index (χ2n) is 4.28. The number of ether oxygens (including phenoxy) is 1. The van der Waals surface area contributed by atoms with Crippen molar-refractivity contribution in [3.8, 4) is 5.75 Å². The minimum Gasteiger partial charge on any atom is -0.493 e. The van der Waals surface area contributed by atoms with Crippen LogP contribution in [0.1, 0.15) is 34.9 Å². The summed E-state index contributed by atoms with van der Waals surface area (Å²) < 4.78 is 8.13. The molecule has 1 N–H and O–H groups in total. The van der Waals surface area contributed by atoms with Gasteiger partial charge >= 0.3 is 0 Å². The Morgan fingerprint density at radius 2 is 2.32 bits per heavy atom. The van der Waals surface area contributed by atoms with Crippen molar-refractivity contribution in [1.82, 2.24) is 9.78 Å². The van der Waals surface area contributed by atoms with Crippen LogP contribution in [0.3, 0.4) is 0 Å². The molecule has 0 amide bonds. The smallest absolute Gasteiger partial charge is 0.163 e. The largest absolute Gasteiger partial charge is 0.493 e. The fourth-order valence-corrected chi connectivity index (χ4v) is 3.50. The predicted octanol–water partition coefficient (Wildman–Crippen LogP) is 3.52. The monoisotopic (exact) mass is 344 g/mol. The van der Waals surface area contributed by atoms with Crippen molar-refractivity contribution in [2.45, 2.75) is 32.9 Å². The molecular weight excluding hydrogens is 328 g/mol. The topological polar surface area (TPSA) is 47.3 Å². The maximum Gasteiger partial charge on any atom is 0.163 e. The van der Waals surface area contributed by atoms with E-state index in [-0.39, 0.29) is 0 Å². The van der Waals surface area contributed by atoms with Gasteiger partial charge in [0.2, 0.25) is 0 Å². The molecule has 19 heavy (non-hydrogen) atoms. The lowest BCUT2D eigenvalue weighted by atomic mass is 10.2. The lowest BCUT2D eigenvalue weighted by Gasteiger charge is -2.13. The van der Waals surface area contributed by atoms with Crippen LogP contribution in [0.4, 0.5) is 0 Å². The molecule has 4 nitrogen and oxygen atoms in total. The Hall–Kier alpha value is -0.850. The van der Waals surface area contributed by atoms with E-state index in [0.29, 0.717) is 5.75 Å². The standard InChI is InChI=1S/C13H17BrN2O2S/c1-4-5-16-12(10(18-3)7-15-16)13(17)11-6-9(14)8(2)19-11/h6-7,13,17H,4-5H2,1-3H3. The average Bonchev–Trinajstić information content (AvgIpc) is 2.94.